The van der Waals surface area contributed by atoms with E-state index < -0.39 is 36.1 Å². The average Bonchev–Trinajstić information content (AvgIpc) is 3.80. The van der Waals surface area contributed by atoms with Gasteiger partial charge >= 0.3 is 0 Å². The summed E-state index contributed by atoms with van der Waals surface area (Å²) >= 11 is 0. The van der Waals surface area contributed by atoms with Crippen LogP contribution in [0.4, 0.5) is 0 Å². The van der Waals surface area contributed by atoms with Crippen LogP contribution in [0.1, 0.15) is 86.1 Å². The first-order chi connectivity index (χ1) is 24.7. The van der Waals surface area contributed by atoms with Crippen LogP contribution >= 0.6 is 0 Å². The number of aromatic hydroxyl groups is 6. The SMILES string of the molecule is Oc1ccc(C2Oc3cc(O)cc4c3[C@@H]2c2cc(O)cc3c2C(c2cc(O)cc5c2[C@@H]4[C@H](c2ccc(O)cc2)O5)[C@H](c2ccc(O)cc2)O3)cc1. The van der Waals surface area contributed by atoms with E-state index in [4.69, 9.17) is 14.2 Å². The molecule has 0 saturated carbocycles. The highest BCUT2D eigenvalue weighted by Gasteiger charge is 2.52. The minimum atomic E-state index is -0.635. The van der Waals surface area contributed by atoms with Crippen LogP contribution in [0.25, 0.3) is 0 Å². The molecule has 0 bridgehead atoms. The van der Waals surface area contributed by atoms with Crippen molar-refractivity contribution >= 4 is 0 Å². The van der Waals surface area contributed by atoms with Crippen molar-refractivity contribution in [2.45, 2.75) is 36.1 Å². The van der Waals surface area contributed by atoms with E-state index in [9.17, 15) is 30.6 Å². The van der Waals surface area contributed by atoms with Gasteiger partial charge in [-0.1, -0.05) is 36.4 Å². The van der Waals surface area contributed by atoms with E-state index in [0.29, 0.717) is 17.2 Å². The standard InChI is InChI=1S/C42H30O9/c43-22-7-1-19(2-8-22)40-37-28-13-25(46)17-32-35(28)39(42(50-32)21-5-11-24(45)12-6-21)30-15-27(48)18-33-36(30)38(29-14-26(47)16-31(49-40)34(29)37)41(51-33)20-3-9-23(44)10-4-20/h1-18,37-48H/t37-,38+,39?,40?,41-,42-/m0/s1. The lowest BCUT2D eigenvalue weighted by Crippen LogP contribution is -2.16. The molecule has 0 spiro atoms. The number of ether oxygens (including phenoxy) is 3. The summed E-state index contributed by atoms with van der Waals surface area (Å²) in [6.07, 6.45) is -1.91. The third-order valence-corrected chi connectivity index (χ3v) is 10.7. The molecule has 6 atom stereocenters. The Kier molecular flexibility index (Phi) is 6.07. The predicted molar refractivity (Wildman–Crippen MR) is 184 cm³/mol. The second-order valence-electron chi connectivity index (χ2n) is 13.7. The van der Waals surface area contributed by atoms with Crippen molar-refractivity contribution in [3.63, 3.8) is 0 Å². The Balaban J connectivity index is 1.33. The van der Waals surface area contributed by atoms with E-state index in [-0.39, 0.29) is 34.5 Å². The second kappa shape index (κ2) is 10.5. The van der Waals surface area contributed by atoms with Gasteiger partial charge < -0.3 is 44.8 Å². The molecule has 2 unspecified atom stereocenters. The maximum absolute atomic E-state index is 11.3. The molecule has 10 rings (SSSR count). The first-order valence-corrected chi connectivity index (χ1v) is 16.7. The summed E-state index contributed by atoms with van der Waals surface area (Å²) in [6.45, 7) is 0. The zero-order chi connectivity index (χ0) is 34.7. The van der Waals surface area contributed by atoms with E-state index in [0.717, 1.165) is 50.1 Å². The van der Waals surface area contributed by atoms with Gasteiger partial charge in [0.15, 0.2) is 0 Å². The molecule has 9 heteroatoms. The Morgan fingerprint density at radius 1 is 0.314 bits per heavy atom. The van der Waals surface area contributed by atoms with Crippen LogP contribution in [-0.4, -0.2) is 30.6 Å². The molecule has 3 aliphatic heterocycles. The van der Waals surface area contributed by atoms with Gasteiger partial charge in [-0.3, -0.25) is 0 Å². The zero-order valence-electron chi connectivity index (χ0n) is 26.8. The van der Waals surface area contributed by atoms with Gasteiger partial charge in [-0.2, -0.15) is 0 Å². The van der Waals surface area contributed by atoms with Crippen LogP contribution in [0.5, 0.6) is 51.7 Å². The molecule has 1 aliphatic carbocycles. The third kappa shape index (κ3) is 4.34. The molecule has 0 saturated heterocycles. The quantitative estimate of drug-likeness (QED) is 0.109. The molecule has 0 fully saturated rings. The number of hydrogen-bond acceptors (Lipinski definition) is 9. The van der Waals surface area contributed by atoms with Crippen LogP contribution in [-0.2, 0) is 0 Å². The van der Waals surface area contributed by atoms with Crippen LogP contribution in [0.2, 0.25) is 0 Å². The van der Waals surface area contributed by atoms with E-state index in [2.05, 4.69) is 0 Å². The van der Waals surface area contributed by atoms with Gasteiger partial charge in [-0.05, 0) is 88.0 Å². The first-order valence-electron chi connectivity index (χ1n) is 16.7. The molecule has 51 heavy (non-hydrogen) atoms. The highest BCUT2D eigenvalue weighted by molar-refractivity contribution is 5.70. The fourth-order valence-electron chi connectivity index (χ4n) is 8.76. The summed E-state index contributed by atoms with van der Waals surface area (Å²) in [5, 5.41) is 64.5. The molecular formula is C42H30O9. The van der Waals surface area contributed by atoms with Crippen LogP contribution in [0.15, 0.2) is 109 Å². The molecule has 6 N–H and O–H groups in total. The number of rotatable bonds is 3. The molecule has 4 aliphatic rings. The number of phenols is 6. The zero-order valence-corrected chi connectivity index (χ0v) is 26.8. The Labute approximate surface area is 291 Å². The Bertz CT molecular complexity index is 2120. The molecule has 3 heterocycles. The molecule has 0 radical (unpaired) electrons. The normalized spacial score (nSPS) is 23.1. The van der Waals surface area contributed by atoms with Gasteiger partial charge in [-0.15, -0.1) is 0 Å². The highest BCUT2D eigenvalue weighted by atomic mass is 16.5. The maximum Gasteiger partial charge on any atom is 0.135 e. The van der Waals surface area contributed by atoms with E-state index >= 15 is 0 Å². The van der Waals surface area contributed by atoms with Crippen molar-refractivity contribution in [2.75, 3.05) is 0 Å². The molecule has 6 aromatic carbocycles. The number of benzene rings is 6. The maximum atomic E-state index is 11.3. The second-order valence-corrected chi connectivity index (χ2v) is 13.7. The summed E-state index contributed by atoms with van der Waals surface area (Å²) in [5.74, 6) is 0.123. The van der Waals surface area contributed by atoms with E-state index in [1.165, 1.54) is 0 Å². The number of phenolic OH excluding ortho intramolecular Hbond substituents is 6. The van der Waals surface area contributed by atoms with Gasteiger partial charge in [0.2, 0.25) is 0 Å². The van der Waals surface area contributed by atoms with Gasteiger partial charge in [0.05, 0.1) is 17.8 Å². The van der Waals surface area contributed by atoms with Gasteiger partial charge in [0.1, 0.15) is 70.1 Å². The Morgan fingerprint density at radius 2 is 0.569 bits per heavy atom. The van der Waals surface area contributed by atoms with E-state index in [1.54, 1.807) is 109 Å². The fraction of sp³-hybridized carbons (Fsp3) is 0.143. The third-order valence-electron chi connectivity index (χ3n) is 10.7. The predicted octanol–water partition coefficient (Wildman–Crippen LogP) is 8.03. The van der Waals surface area contributed by atoms with Crippen LogP contribution < -0.4 is 14.2 Å². The molecule has 252 valence electrons. The van der Waals surface area contributed by atoms with E-state index in [1.807, 2.05) is 0 Å². The lowest BCUT2D eigenvalue weighted by molar-refractivity contribution is 0.219. The lowest BCUT2D eigenvalue weighted by Gasteiger charge is -2.26. The summed E-state index contributed by atoms with van der Waals surface area (Å²) in [5.41, 5.74) is 6.97. The largest absolute Gasteiger partial charge is 0.508 e. The summed E-state index contributed by atoms with van der Waals surface area (Å²) in [4.78, 5) is 0. The molecule has 6 aromatic rings. The van der Waals surface area contributed by atoms with Crippen LogP contribution in [0, 0.1) is 0 Å². The Hall–Kier alpha value is -6.48. The van der Waals surface area contributed by atoms with Crippen molar-refractivity contribution in [3.8, 4) is 51.7 Å². The van der Waals surface area contributed by atoms with Crippen molar-refractivity contribution in [1.82, 2.24) is 0 Å². The highest BCUT2D eigenvalue weighted by Crippen LogP contribution is 2.65. The van der Waals surface area contributed by atoms with Gasteiger partial charge in [0.25, 0.3) is 0 Å². The van der Waals surface area contributed by atoms with Crippen molar-refractivity contribution in [3.05, 3.63) is 159 Å². The van der Waals surface area contributed by atoms with Crippen molar-refractivity contribution in [1.29, 1.82) is 0 Å². The minimum Gasteiger partial charge on any atom is -0.508 e. The first kappa shape index (κ1) is 29.4. The average molecular weight is 679 g/mol. The summed E-state index contributed by atoms with van der Waals surface area (Å²) < 4.78 is 20.3. The summed E-state index contributed by atoms with van der Waals surface area (Å²) in [7, 11) is 0. The number of fused-ring (bicyclic) bond motifs is 3. The lowest BCUT2D eigenvalue weighted by atomic mass is 9.76. The Morgan fingerprint density at radius 3 is 0.824 bits per heavy atom. The van der Waals surface area contributed by atoms with Crippen molar-refractivity contribution in [2.24, 2.45) is 0 Å². The summed E-state index contributed by atoms with van der Waals surface area (Å²) in [6, 6.07) is 30.5. The monoisotopic (exact) mass is 678 g/mol. The molecule has 9 nitrogen and oxygen atoms in total. The van der Waals surface area contributed by atoms with Gasteiger partial charge in [-0.25, -0.2) is 0 Å². The molecule has 0 amide bonds. The van der Waals surface area contributed by atoms with Crippen LogP contribution in [0.3, 0.4) is 0 Å². The number of hydrogen-bond donors (Lipinski definition) is 6. The fourth-order valence-corrected chi connectivity index (χ4v) is 8.76. The molecule has 0 aromatic heterocycles. The topological polar surface area (TPSA) is 149 Å². The molecular weight excluding hydrogens is 648 g/mol. The van der Waals surface area contributed by atoms with Gasteiger partial charge in [0, 0.05) is 34.9 Å². The van der Waals surface area contributed by atoms with Crippen molar-refractivity contribution < 1.29 is 44.8 Å². The minimum absolute atomic E-state index is 0.00268. The smallest absolute Gasteiger partial charge is 0.135 e.